The minimum atomic E-state index is -0.612. The standard InChI is InChI=1S/C11H22O2/c1-7-10(4,5)13-11(6,8-2)9(3)12/h7-8H2,1-6H3. The number of hydrogen-bond donors (Lipinski definition) is 0. The summed E-state index contributed by atoms with van der Waals surface area (Å²) in [7, 11) is 0. The van der Waals surface area contributed by atoms with Crippen molar-refractivity contribution < 1.29 is 9.53 Å². The summed E-state index contributed by atoms with van der Waals surface area (Å²) in [6, 6.07) is 0. The third-order valence-corrected chi connectivity index (χ3v) is 2.77. The quantitative estimate of drug-likeness (QED) is 0.660. The van der Waals surface area contributed by atoms with Gasteiger partial charge in [-0.25, -0.2) is 0 Å². The Balaban J connectivity index is 4.54. The van der Waals surface area contributed by atoms with Crippen molar-refractivity contribution in [2.24, 2.45) is 0 Å². The molecule has 2 nitrogen and oxygen atoms in total. The van der Waals surface area contributed by atoms with E-state index in [1.165, 1.54) is 0 Å². The van der Waals surface area contributed by atoms with Crippen molar-refractivity contribution in [3.05, 3.63) is 0 Å². The Morgan fingerprint density at radius 1 is 1.15 bits per heavy atom. The average Bonchev–Trinajstić information content (AvgIpc) is 2.03. The molecule has 0 aromatic heterocycles. The molecule has 0 aliphatic carbocycles. The van der Waals surface area contributed by atoms with Crippen LogP contribution >= 0.6 is 0 Å². The minimum absolute atomic E-state index is 0.108. The molecule has 0 fully saturated rings. The zero-order valence-electron chi connectivity index (χ0n) is 9.73. The molecule has 0 heterocycles. The van der Waals surface area contributed by atoms with Gasteiger partial charge in [-0.15, -0.1) is 0 Å². The summed E-state index contributed by atoms with van der Waals surface area (Å²) >= 11 is 0. The topological polar surface area (TPSA) is 26.3 Å². The van der Waals surface area contributed by atoms with Gasteiger partial charge in [0.2, 0.25) is 0 Å². The van der Waals surface area contributed by atoms with Crippen LogP contribution < -0.4 is 0 Å². The highest BCUT2D eigenvalue weighted by molar-refractivity contribution is 5.84. The monoisotopic (exact) mass is 186 g/mol. The lowest BCUT2D eigenvalue weighted by molar-refractivity contribution is -0.163. The van der Waals surface area contributed by atoms with E-state index in [9.17, 15) is 4.79 Å². The number of Topliss-reactive ketones (excluding diaryl/α,β-unsaturated/α-hetero) is 1. The SMILES string of the molecule is CCC(C)(C)OC(C)(CC)C(C)=O. The van der Waals surface area contributed by atoms with Gasteiger partial charge in [0, 0.05) is 0 Å². The van der Waals surface area contributed by atoms with E-state index in [2.05, 4.69) is 6.92 Å². The highest BCUT2D eigenvalue weighted by Gasteiger charge is 2.34. The normalized spacial score (nSPS) is 16.8. The highest BCUT2D eigenvalue weighted by atomic mass is 16.5. The van der Waals surface area contributed by atoms with Gasteiger partial charge in [-0.3, -0.25) is 4.79 Å². The van der Waals surface area contributed by atoms with E-state index in [0.717, 1.165) is 12.8 Å². The molecular formula is C11H22O2. The molecule has 2 heteroatoms. The first-order chi connectivity index (χ1) is 5.77. The number of carbonyl (C=O) groups is 1. The van der Waals surface area contributed by atoms with E-state index in [1.807, 2.05) is 27.7 Å². The number of rotatable bonds is 5. The Morgan fingerprint density at radius 3 is 1.85 bits per heavy atom. The molecule has 0 spiro atoms. The second-order valence-corrected chi connectivity index (χ2v) is 4.36. The third kappa shape index (κ3) is 3.47. The molecule has 0 radical (unpaired) electrons. The summed E-state index contributed by atoms with van der Waals surface area (Å²) in [6.45, 7) is 11.5. The Labute approximate surface area is 81.7 Å². The van der Waals surface area contributed by atoms with Crippen LogP contribution in [0.4, 0.5) is 0 Å². The van der Waals surface area contributed by atoms with Gasteiger partial charge in [0.25, 0.3) is 0 Å². The summed E-state index contributed by atoms with van der Waals surface area (Å²) < 4.78 is 5.84. The fraction of sp³-hybridized carbons (Fsp3) is 0.909. The van der Waals surface area contributed by atoms with Crippen LogP contribution in [-0.4, -0.2) is 17.0 Å². The second-order valence-electron chi connectivity index (χ2n) is 4.36. The van der Waals surface area contributed by atoms with Gasteiger partial charge >= 0.3 is 0 Å². The molecule has 0 aromatic rings. The molecule has 0 aliphatic heterocycles. The van der Waals surface area contributed by atoms with Gasteiger partial charge in [0.15, 0.2) is 5.78 Å². The Kier molecular flexibility index (Phi) is 4.11. The van der Waals surface area contributed by atoms with Crippen LogP contribution in [0.25, 0.3) is 0 Å². The van der Waals surface area contributed by atoms with Crippen molar-refractivity contribution in [2.45, 2.75) is 65.6 Å². The van der Waals surface area contributed by atoms with E-state index in [-0.39, 0.29) is 11.4 Å². The molecule has 0 rings (SSSR count). The number of ketones is 1. The summed E-state index contributed by atoms with van der Waals surface area (Å²) in [5.74, 6) is 0.108. The summed E-state index contributed by atoms with van der Waals surface area (Å²) in [6.07, 6.45) is 1.64. The molecule has 13 heavy (non-hydrogen) atoms. The van der Waals surface area contributed by atoms with Crippen molar-refractivity contribution in [1.29, 1.82) is 0 Å². The van der Waals surface area contributed by atoms with Crippen molar-refractivity contribution in [2.75, 3.05) is 0 Å². The van der Waals surface area contributed by atoms with Crippen LogP contribution in [0.5, 0.6) is 0 Å². The molecule has 0 N–H and O–H groups in total. The first-order valence-electron chi connectivity index (χ1n) is 4.98. The number of carbonyl (C=O) groups excluding carboxylic acids is 1. The van der Waals surface area contributed by atoms with Crippen molar-refractivity contribution in [1.82, 2.24) is 0 Å². The van der Waals surface area contributed by atoms with Gasteiger partial charge in [0.05, 0.1) is 5.60 Å². The van der Waals surface area contributed by atoms with Crippen molar-refractivity contribution in [3.63, 3.8) is 0 Å². The smallest absolute Gasteiger partial charge is 0.161 e. The molecule has 0 aromatic carbocycles. The van der Waals surface area contributed by atoms with Crippen molar-refractivity contribution >= 4 is 5.78 Å². The van der Waals surface area contributed by atoms with E-state index in [0.29, 0.717) is 0 Å². The van der Waals surface area contributed by atoms with E-state index in [1.54, 1.807) is 6.92 Å². The maximum absolute atomic E-state index is 11.4. The van der Waals surface area contributed by atoms with Crippen LogP contribution in [0.2, 0.25) is 0 Å². The number of ether oxygens (including phenoxy) is 1. The molecule has 0 amide bonds. The first-order valence-corrected chi connectivity index (χ1v) is 4.98. The van der Waals surface area contributed by atoms with Crippen LogP contribution in [0.3, 0.4) is 0 Å². The number of hydrogen-bond acceptors (Lipinski definition) is 2. The van der Waals surface area contributed by atoms with Gasteiger partial charge < -0.3 is 4.74 Å². The largest absolute Gasteiger partial charge is 0.362 e. The van der Waals surface area contributed by atoms with Crippen molar-refractivity contribution in [3.8, 4) is 0 Å². The maximum Gasteiger partial charge on any atom is 0.161 e. The maximum atomic E-state index is 11.4. The molecule has 1 atom stereocenters. The van der Waals surface area contributed by atoms with E-state index >= 15 is 0 Å². The van der Waals surface area contributed by atoms with Crippen LogP contribution in [-0.2, 0) is 9.53 Å². The molecule has 1 unspecified atom stereocenters. The highest BCUT2D eigenvalue weighted by Crippen LogP contribution is 2.26. The zero-order valence-corrected chi connectivity index (χ0v) is 9.73. The zero-order chi connectivity index (χ0) is 10.7. The van der Waals surface area contributed by atoms with Gasteiger partial charge in [-0.2, -0.15) is 0 Å². The average molecular weight is 186 g/mol. The van der Waals surface area contributed by atoms with Gasteiger partial charge in [-0.05, 0) is 40.5 Å². The minimum Gasteiger partial charge on any atom is -0.362 e. The Morgan fingerprint density at radius 2 is 1.62 bits per heavy atom. The summed E-state index contributed by atoms with van der Waals surface area (Å²) in [5.41, 5.74) is -0.823. The predicted molar refractivity (Wildman–Crippen MR) is 54.8 cm³/mol. The van der Waals surface area contributed by atoms with Gasteiger partial charge in [-0.1, -0.05) is 13.8 Å². The lowest BCUT2D eigenvalue weighted by Crippen LogP contribution is -2.43. The molecule has 78 valence electrons. The van der Waals surface area contributed by atoms with Crippen LogP contribution in [0, 0.1) is 0 Å². The first kappa shape index (κ1) is 12.6. The molecule has 0 aliphatic rings. The van der Waals surface area contributed by atoms with Crippen LogP contribution in [0.15, 0.2) is 0 Å². The lowest BCUT2D eigenvalue weighted by atomic mass is 9.96. The molecule has 0 saturated heterocycles. The second kappa shape index (κ2) is 4.23. The third-order valence-electron chi connectivity index (χ3n) is 2.77. The summed E-state index contributed by atoms with van der Waals surface area (Å²) in [4.78, 5) is 11.4. The van der Waals surface area contributed by atoms with Gasteiger partial charge in [0.1, 0.15) is 5.60 Å². The van der Waals surface area contributed by atoms with E-state index in [4.69, 9.17) is 4.74 Å². The fourth-order valence-corrected chi connectivity index (χ4v) is 1.07. The fourth-order valence-electron chi connectivity index (χ4n) is 1.07. The predicted octanol–water partition coefficient (Wildman–Crippen LogP) is 2.95. The van der Waals surface area contributed by atoms with Crippen LogP contribution in [0.1, 0.15) is 54.4 Å². The lowest BCUT2D eigenvalue weighted by Gasteiger charge is -2.35. The summed E-state index contributed by atoms with van der Waals surface area (Å²) in [5, 5.41) is 0. The Hall–Kier alpha value is -0.370. The van der Waals surface area contributed by atoms with E-state index < -0.39 is 5.60 Å². The Bertz CT molecular complexity index is 185. The molecule has 0 bridgehead atoms. The molecule has 0 saturated carbocycles. The molecular weight excluding hydrogens is 164 g/mol.